The summed E-state index contributed by atoms with van der Waals surface area (Å²) in [4.78, 5) is 0. The first-order chi connectivity index (χ1) is 6.18. The number of hydrogen-bond donors (Lipinski definition) is 1. The van der Waals surface area contributed by atoms with Crippen LogP contribution < -0.4 is 5.73 Å². The molecule has 1 nitrogen and oxygen atoms in total. The minimum Gasteiger partial charge on any atom is -0.327 e. The summed E-state index contributed by atoms with van der Waals surface area (Å²) in [5.41, 5.74) is 7.19. The van der Waals surface area contributed by atoms with Gasteiger partial charge >= 0.3 is 0 Å². The van der Waals surface area contributed by atoms with Gasteiger partial charge in [-0.1, -0.05) is 30.7 Å². The average Bonchev–Trinajstić information content (AvgIpc) is 2.13. The van der Waals surface area contributed by atoms with E-state index in [1.165, 1.54) is 5.56 Å². The molecule has 0 bridgehead atoms. The van der Waals surface area contributed by atoms with Gasteiger partial charge in [0.25, 0.3) is 0 Å². The molecule has 0 aliphatic heterocycles. The number of halogens is 1. The summed E-state index contributed by atoms with van der Waals surface area (Å²) in [6.07, 6.45) is 1.10. The van der Waals surface area contributed by atoms with Crippen molar-refractivity contribution >= 4 is 11.6 Å². The highest BCUT2D eigenvalue weighted by Gasteiger charge is 2.35. The summed E-state index contributed by atoms with van der Waals surface area (Å²) in [7, 11) is 0. The summed E-state index contributed by atoms with van der Waals surface area (Å²) in [5.74, 6) is 1.21. The molecule has 3 unspecified atom stereocenters. The van der Waals surface area contributed by atoms with Gasteiger partial charge in [-0.05, 0) is 36.0 Å². The van der Waals surface area contributed by atoms with Gasteiger partial charge in [0.15, 0.2) is 0 Å². The zero-order valence-corrected chi connectivity index (χ0v) is 8.46. The monoisotopic (exact) mass is 195 g/mol. The van der Waals surface area contributed by atoms with Crippen LogP contribution in [0.25, 0.3) is 0 Å². The maximum Gasteiger partial charge on any atom is 0.0408 e. The molecule has 2 N–H and O–H groups in total. The molecule has 1 fully saturated rings. The predicted octanol–water partition coefficient (Wildman–Crippen LogP) is 2.79. The maximum absolute atomic E-state index is 5.92. The molecule has 0 radical (unpaired) electrons. The van der Waals surface area contributed by atoms with Crippen LogP contribution in [-0.4, -0.2) is 6.04 Å². The predicted molar refractivity (Wildman–Crippen MR) is 55.9 cm³/mol. The van der Waals surface area contributed by atoms with Crippen LogP contribution in [0.4, 0.5) is 0 Å². The third-order valence-corrected chi connectivity index (χ3v) is 3.35. The highest BCUT2D eigenvalue weighted by Crippen LogP contribution is 2.41. The average molecular weight is 196 g/mol. The van der Waals surface area contributed by atoms with Crippen molar-refractivity contribution in [1.29, 1.82) is 0 Å². The summed E-state index contributed by atoms with van der Waals surface area (Å²) in [5, 5.41) is 0.824. The minimum absolute atomic E-state index is 0.379. The topological polar surface area (TPSA) is 26.0 Å². The standard InChI is InChI=1S/C11H14ClN/c1-7-10(6-11(7)13)8-3-2-4-9(12)5-8/h2-5,7,10-11H,6,13H2,1H3. The van der Waals surface area contributed by atoms with Crippen LogP contribution in [0, 0.1) is 5.92 Å². The zero-order valence-electron chi connectivity index (χ0n) is 7.70. The third kappa shape index (κ3) is 1.59. The van der Waals surface area contributed by atoms with Crippen LogP contribution in [0.15, 0.2) is 24.3 Å². The first-order valence-corrected chi connectivity index (χ1v) is 5.07. The van der Waals surface area contributed by atoms with Crippen molar-refractivity contribution in [2.24, 2.45) is 11.7 Å². The van der Waals surface area contributed by atoms with Crippen molar-refractivity contribution in [3.8, 4) is 0 Å². The summed E-state index contributed by atoms with van der Waals surface area (Å²) >= 11 is 5.92. The van der Waals surface area contributed by atoms with Crippen LogP contribution in [0.2, 0.25) is 5.02 Å². The van der Waals surface area contributed by atoms with Crippen molar-refractivity contribution in [2.75, 3.05) is 0 Å². The molecule has 2 heteroatoms. The lowest BCUT2D eigenvalue weighted by Crippen LogP contribution is -2.44. The molecular formula is C11H14ClN. The van der Waals surface area contributed by atoms with Crippen LogP contribution in [0.1, 0.15) is 24.8 Å². The molecule has 1 aromatic rings. The fraction of sp³-hybridized carbons (Fsp3) is 0.455. The van der Waals surface area contributed by atoms with Crippen molar-refractivity contribution in [1.82, 2.24) is 0 Å². The second kappa shape index (κ2) is 3.32. The molecule has 0 saturated heterocycles. The van der Waals surface area contributed by atoms with Crippen LogP contribution in [0.5, 0.6) is 0 Å². The Kier molecular flexibility index (Phi) is 2.31. The molecule has 0 spiro atoms. The molecule has 2 rings (SSSR count). The smallest absolute Gasteiger partial charge is 0.0408 e. The molecule has 3 atom stereocenters. The SMILES string of the molecule is CC1C(N)CC1c1cccc(Cl)c1. The Labute approximate surface area is 83.9 Å². The van der Waals surface area contributed by atoms with E-state index in [2.05, 4.69) is 19.1 Å². The van der Waals surface area contributed by atoms with Gasteiger partial charge in [0.1, 0.15) is 0 Å². The molecule has 70 valence electrons. The Morgan fingerprint density at radius 3 is 2.77 bits per heavy atom. The van der Waals surface area contributed by atoms with Crippen molar-refractivity contribution < 1.29 is 0 Å². The van der Waals surface area contributed by atoms with Crippen molar-refractivity contribution in [2.45, 2.75) is 25.3 Å². The fourth-order valence-corrected chi connectivity index (χ4v) is 2.20. The van der Waals surface area contributed by atoms with E-state index in [9.17, 15) is 0 Å². The molecule has 1 aliphatic carbocycles. The molecule has 0 heterocycles. The molecule has 1 saturated carbocycles. The van der Waals surface area contributed by atoms with Gasteiger partial charge in [-0.3, -0.25) is 0 Å². The third-order valence-electron chi connectivity index (χ3n) is 3.11. The first kappa shape index (κ1) is 9.04. The van der Waals surface area contributed by atoms with Crippen LogP contribution in [-0.2, 0) is 0 Å². The Morgan fingerprint density at radius 2 is 2.23 bits per heavy atom. The van der Waals surface area contributed by atoms with Crippen molar-refractivity contribution in [3.63, 3.8) is 0 Å². The van der Waals surface area contributed by atoms with Gasteiger partial charge in [0.2, 0.25) is 0 Å². The number of rotatable bonds is 1. The van der Waals surface area contributed by atoms with E-state index in [0.29, 0.717) is 17.9 Å². The van der Waals surface area contributed by atoms with Gasteiger partial charge in [-0.2, -0.15) is 0 Å². The minimum atomic E-state index is 0.379. The van der Waals surface area contributed by atoms with Gasteiger partial charge in [0, 0.05) is 11.1 Å². The maximum atomic E-state index is 5.92. The summed E-state index contributed by atoms with van der Waals surface area (Å²) in [6.45, 7) is 2.21. The number of benzene rings is 1. The second-order valence-corrected chi connectivity index (χ2v) is 4.36. The lowest BCUT2D eigenvalue weighted by Gasteiger charge is -2.40. The molecular weight excluding hydrogens is 182 g/mol. The zero-order chi connectivity index (χ0) is 9.42. The Bertz CT molecular complexity index is 311. The largest absolute Gasteiger partial charge is 0.327 e. The Morgan fingerprint density at radius 1 is 1.46 bits per heavy atom. The van der Waals surface area contributed by atoms with E-state index >= 15 is 0 Å². The Hall–Kier alpha value is -0.530. The van der Waals surface area contributed by atoms with Gasteiger partial charge < -0.3 is 5.73 Å². The van der Waals surface area contributed by atoms with E-state index in [1.807, 2.05) is 12.1 Å². The summed E-state index contributed by atoms with van der Waals surface area (Å²) < 4.78 is 0. The number of nitrogens with two attached hydrogens (primary N) is 1. The van der Waals surface area contributed by atoms with Gasteiger partial charge in [-0.25, -0.2) is 0 Å². The highest BCUT2D eigenvalue weighted by molar-refractivity contribution is 6.30. The summed E-state index contributed by atoms with van der Waals surface area (Å²) in [6, 6.07) is 8.49. The number of hydrogen-bond acceptors (Lipinski definition) is 1. The molecule has 0 amide bonds. The molecule has 13 heavy (non-hydrogen) atoms. The second-order valence-electron chi connectivity index (χ2n) is 3.92. The van der Waals surface area contributed by atoms with Crippen molar-refractivity contribution in [3.05, 3.63) is 34.9 Å². The quantitative estimate of drug-likeness (QED) is 0.733. The van der Waals surface area contributed by atoms with Gasteiger partial charge in [-0.15, -0.1) is 0 Å². The van der Waals surface area contributed by atoms with E-state index in [-0.39, 0.29) is 0 Å². The van der Waals surface area contributed by atoms with Crippen LogP contribution in [0.3, 0.4) is 0 Å². The van der Waals surface area contributed by atoms with E-state index in [1.54, 1.807) is 0 Å². The first-order valence-electron chi connectivity index (χ1n) is 4.69. The molecule has 0 aromatic heterocycles. The van der Waals surface area contributed by atoms with E-state index in [4.69, 9.17) is 17.3 Å². The lowest BCUT2D eigenvalue weighted by molar-refractivity contribution is 0.226. The van der Waals surface area contributed by atoms with E-state index in [0.717, 1.165) is 11.4 Å². The van der Waals surface area contributed by atoms with Crippen LogP contribution >= 0.6 is 11.6 Å². The molecule has 1 aromatic carbocycles. The van der Waals surface area contributed by atoms with E-state index < -0.39 is 0 Å². The Balaban J connectivity index is 2.18. The fourth-order valence-electron chi connectivity index (χ4n) is 2.00. The lowest BCUT2D eigenvalue weighted by atomic mass is 9.67. The van der Waals surface area contributed by atoms with Gasteiger partial charge in [0.05, 0.1) is 0 Å². The molecule has 1 aliphatic rings. The highest BCUT2D eigenvalue weighted by atomic mass is 35.5. The normalized spacial score (nSPS) is 32.7.